The number of carbonyl (C=O) groups is 3. The molecule has 0 radical (unpaired) electrons. The summed E-state index contributed by atoms with van der Waals surface area (Å²) in [6, 6.07) is -0.995. The number of hydrogen-bond acceptors (Lipinski definition) is 8. The van der Waals surface area contributed by atoms with Crippen LogP contribution in [0.25, 0.3) is 0 Å². The van der Waals surface area contributed by atoms with Crippen LogP contribution in [0.4, 0.5) is 4.79 Å². The lowest BCUT2D eigenvalue weighted by molar-refractivity contribution is -0.148. The number of carbonyl (C=O) groups excluding carboxylic acids is 3. The molecule has 0 aromatic rings. The molecule has 25 heavy (non-hydrogen) atoms. The fourth-order valence-electron chi connectivity index (χ4n) is 2.48. The van der Waals surface area contributed by atoms with Crippen LogP contribution in [-0.4, -0.2) is 61.5 Å². The van der Waals surface area contributed by atoms with Gasteiger partial charge in [-0.1, -0.05) is 0 Å². The van der Waals surface area contributed by atoms with E-state index in [4.69, 9.17) is 18.5 Å². The van der Waals surface area contributed by atoms with Gasteiger partial charge < -0.3 is 18.5 Å². The van der Waals surface area contributed by atoms with Crippen LogP contribution in [0.5, 0.6) is 0 Å². The van der Waals surface area contributed by atoms with Gasteiger partial charge in [-0.25, -0.2) is 9.59 Å². The molecule has 0 saturated carbocycles. The molecule has 0 bridgehead atoms. The predicted molar refractivity (Wildman–Crippen MR) is 88.1 cm³/mol. The van der Waals surface area contributed by atoms with Gasteiger partial charge >= 0.3 is 19.7 Å². The first kappa shape index (κ1) is 21.6. The average Bonchev–Trinajstić information content (AvgIpc) is 2.97. The van der Waals surface area contributed by atoms with Gasteiger partial charge in [-0.15, -0.1) is 0 Å². The molecule has 9 nitrogen and oxygen atoms in total. The van der Waals surface area contributed by atoms with Crippen molar-refractivity contribution in [1.29, 1.82) is 0 Å². The van der Waals surface area contributed by atoms with Crippen LogP contribution < -0.4 is 0 Å². The quantitative estimate of drug-likeness (QED) is 0.510. The summed E-state index contributed by atoms with van der Waals surface area (Å²) in [5.74, 6) is -1.53. The number of esters is 1. The molecule has 144 valence electrons. The first-order chi connectivity index (χ1) is 11.5. The molecule has 1 aliphatic heterocycles. The van der Waals surface area contributed by atoms with Gasteiger partial charge in [-0.3, -0.25) is 14.3 Å². The molecule has 2 atom stereocenters. The molecule has 1 rings (SSSR count). The Morgan fingerprint density at radius 3 is 2.16 bits per heavy atom. The van der Waals surface area contributed by atoms with Crippen LogP contribution in [0.2, 0.25) is 0 Å². The molecule has 0 aliphatic carbocycles. The van der Waals surface area contributed by atoms with E-state index in [9.17, 15) is 18.9 Å². The minimum Gasteiger partial charge on any atom is -0.464 e. The summed E-state index contributed by atoms with van der Waals surface area (Å²) in [4.78, 5) is 38.1. The smallest absolute Gasteiger partial charge is 0.411 e. The van der Waals surface area contributed by atoms with E-state index in [1.54, 1.807) is 27.7 Å². The van der Waals surface area contributed by atoms with Gasteiger partial charge in [0.2, 0.25) is 5.52 Å². The third kappa shape index (κ3) is 5.26. The maximum atomic E-state index is 12.5. The van der Waals surface area contributed by atoms with Gasteiger partial charge in [-0.2, -0.15) is 0 Å². The maximum absolute atomic E-state index is 12.5. The summed E-state index contributed by atoms with van der Waals surface area (Å²) < 4.78 is 32.0. The van der Waals surface area contributed by atoms with Gasteiger partial charge in [0.1, 0.15) is 11.6 Å². The molecule has 0 N–H and O–H groups in total. The van der Waals surface area contributed by atoms with Crippen molar-refractivity contribution in [2.75, 3.05) is 27.4 Å². The van der Waals surface area contributed by atoms with Crippen molar-refractivity contribution in [3.63, 3.8) is 0 Å². The number of hydrogen-bond donors (Lipinski definition) is 0. The molecule has 2 unspecified atom stereocenters. The standard InChI is InChI=1S/C15H26NO8P/c1-7-23-12(17)11-8-10(13(18)25(20,21-5)22-6)9-16(11)14(19)24-15(2,3)4/h10-11H,7-9H2,1-6H3. The molecule has 0 aromatic carbocycles. The van der Waals surface area contributed by atoms with E-state index in [-0.39, 0.29) is 19.6 Å². The molecular formula is C15H26NO8P. The van der Waals surface area contributed by atoms with Gasteiger partial charge in [-0.05, 0) is 34.1 Å². The SMILES string of the molecule is CCOC(=O)C1CC(C(=O)P(=O)(OC)OC)CN1C(=O)OC(C)(C)C. The third-order valence-corrected chi connectivity index (χ3v) is 5.45. The second-order valence-corrected chi connectivity index (χ2v) is 8.70. The van der Waals surface area contributed by atoms with Crippen LogP contribution in [0.15, 0.2) is 0 Å². The summed E-state index contributed by atoms with van der Waals surface area (Å²) in [6.45, 7) is 6.70. The summed E-state index contributed by atoms with van der Waals surface area (Å²) in [5, 5.41) is 0. The summed E-state index contributed by atoms with van der Waals surface area (Å²) in [6.07, 6.45) is -0.779. The summed E-state index contributed by atoms with van der Waals surface area (Å²) in [7, 11) is -1.76. The zero-order valence-corrected chi connectivity index (χ0v) is 16.3. The zero-order valence-electron chi connectivity index (χ0n) is 15.4. The highest BCUT2D eigenvalue weighted by atomic mass is 31.2. The summed E-state index contributed by atoms with van der Waals surface area (Å²) in [5.41, 5.74) is -1.55. The lowest BCUT2D eigenvalue weighted by Crippen LogP contribution is -2.44. The molecule has 0 spiro atoms. The maximum Gasteiger partial charge on any atom is 0.411 e. The average molecular weight is 379 g/mol. The van der Waals surface area contributed by atoms with Gasteiger partial charge in [0, 0.05) is 20.8 Å². The van der Waals surface area contributed by atoms with Crippen molar-refractivity contribution < 1.29 is 37.5 Å². The second kappa shape index (κ2) is 8.29. The van der Waals surface area contributed by atoms with E-state index >= 15 is 0 Å². The first-order valence-electron chi connectivity index (χ1n) is 7.91. The largest absolute Gasteiger partial charge is 0.464 e. The van der Waals surface area contributed by atoms with Crippen molar-refractivity contribution in [3.8, 4) is 0 Å². The Morgan fingerprint density at radius 1 is 1.16 bits per heavy atom. The van der Waals surface area contributed by atoms with Crippen molar-refractivity contribution in [2.24, 2.45) is 5.92 Å². The molecular weight excluding hydrogens is 353 g/mol. The van der Waals surface area contributed by atoms with Crippen LogP contribution in [0, 0.1) is 5.92 Å². The van der Waals surface area contributed by atoms with Gasteiger partial charge in [0.15, 0.2) is 0 Å². The molecule has 1 saturated heterocycles. The Kier molecular flexibility index (Phi) is 7.17. The summed E-state index contributed by atoms with van der Waals surface area (Å²) >= 11 is 0. The normalized spacial score (nSPS) is 21.1. The topological polar surface area (TPSA) is 108 Å². The van der Waals surface area contributed by atoms with Gasteiger partial charge in [0.25, 0.3) is 0 Å². The van der Waals surface area contributed by atoms with Crippen molar-refractivity contribution >= 4 is 25.2 Å². The van der Waals surface area contributed by atoms with Crippen molar-refractivity contribution in [2.45, 2.75) is 45.8 Å². The highest BCUT2D eigenvalue weighted by molar-refractivity contribution is 7.71. The van der Waals surface area contributed by atoms with Crippen molar-refractivity contribution in [1.82, 2.24) is 4.90 Å². The Labute approximate surface area is 147 Å². The Bertz CT molecular complexity index is 562. The first-order valence-corrected chi connectivity index (χ1v) is 9.45. The molecule has 1 fully saturated rings. The van der Waals surface area contributed by atoms with Crippen LogP contribution in [0.3, 0.4) is 0 Å². The highest BCUT2D eigenvalue weighted by Gasteiger charge is 2.49. The molecule has 1 amide bonds. The van der Waals surface area contributed by atoms with E-state index in [1.807, 2.05) is 0 Å². The van der Waals surface area contributed by atoms with Crippen molar-refractivity contribution in [3.05, 3.63) is 0 Å². The minimum atomic E-state index is -3.96. The second-order valence-electron chi connectivity index (χ2n) is 6.53. The minimum absolute atomic E-state index is 0.0341. The van der Waals surface area contributed by atoms with Crippen LogP contribution in [-0.2, 0) is 32.7 Å². The number of ether oxygens (including phenoxy) is 2. The Hall–Kier alpha value is -1.44. The number of nitrogens with zero attached hydrogens (tertiary/aromatic N) is 1. The van der Waals surface area contributed by atoms with Crippen LogP contribution in [0.1, 0.15) is 34.1 Å². The fraction of sp³-hybridized carbons (Fsp3) is 0.800. The molecule has 1 heterocycles. The lowest BCUT2D eigenvalue weighted by Gasteiger charge is -2.27. The molecule has 1 aliphatic rings. The van der Waals surface area contributed by atoms with E-state index in [0.29, 0.717) is 0 Å². The van der Waals surface area contributed by atoms with E-state index in [1.165, 1.54) is 0 Å². The molecule has 0 aromatic heterocycles. The molecule has 10 heteroatoms. The lowest BCUT2D eigenvalue weighted by atomic mass is 10.1. The zero-order chi connectivity index (χ0) is 19.4. The fourth-order valence-corrected chi connectivity index (χ4v) is 3.62. The van der Waals surface area contributed by atoms with Gasteiger partial charge in [0.05, 0.1) is 12.5 Å². The van der Waals surface area contributed by atoms with E-state index in [0.717, 1.165) is 19.1 Å². The number of likely N-dealkylation sites (tertiary alicyclic amines) is 1. The van der Waals surface area contributed by atoms with E-state index < -0.39 is 42.7 Å². The Balaban J connectivity index is 3.05. The highest BCUT2D eigenvalue weighted by Crippen LogP contribution is 2.51. The number of rotatable bonds is 6. The van der Waals surface area contributed by atoms with E-state index in [2.05, 4.69) is 0 Å². The van der Waals surface area contributed by atoms with Crippen LogP contribution >= 0.6 is 7.60 Å². The Morgan fingerprint density at radius 2 is 1.72 bits per heavy atom. The number of amides is 1. The third-order valence-electron chi connectivity index (χ3n) is 3.59. The predicted octanol–water partition coefficient (Wildman–Crippen LogP) is 2.19. The monoisotopic (exact) mass is 379 g/mol.